The Balaban J connectivity index is 0.000000186. The third-order valence-electron chi connectivity index (χ3n) is 4.59. The largest absolute Gasteiger partial charge is 2.00 e. The Kier molecular flexibility index (Phi) is 9.00. The van der Waals surface area contributed by atoms with Gasteiger partial charge in [0.1, 0.15) is 0 Å². The van der Waals surface area contributed by atoms with Crippen molar-refractivity contribution < 1.29 is 30.5 Å². The number of ether oxygens (including phenoxy) is 2. The van der Waals surface area contributed by atoms with Gasteiger partial charge < -0.3 is 19.7 Å². The average molecular weight is 632 g/mol. The summed E-state index contributed by atoms with van der Waals surface area (Å²) in [6.45, 7) is 0. The van der Waals surface area contributed by atoms with E-state index in [0.29, 0.717) is 5.88 Å². The summed E-state index contributed by atoms with van der Waals surface area (Å²) in [5.74, 6) is 1.27. The summed E-state index contributed by atoms with van der Waals surface area (Å²) >= 11 is 0. The van der Waals surface area contributed by atoms with E-state index in [-0.39, 0.29) is 21.1 Å². The van der Waals surface area contributed by atoms with Crippen LogP contribution in [-0.4, -0.2) is 39.5 Å². The van der Waals surface area contributed by atoms with Gasteiger partial charge in [-0.25, -0.2) is 0 Å². The van der Waals surface area contributed by atoms with E-state index in [2.05, 4.69) is 36.4 Å². The number of hydrogen-bond donors (Lipinski definition) is 0. The Morgan fingerprint density at radius 1 is 0.794 bits per heavy atom. The molecule has 0 aliphatic carbocycles. The summed E-state index contributed by atoms with van der Waals surface area (Å²) in [4.78, 5) is 8.22. The predicted molar refractivity (Wildman–Crippen MR) is 123 cm³/mol. The second-order valence-electron chi connectivity index (χ2n) is 6.67. The molecule has 0 unspecified atom stereocenters. The minimum absolute atomic E-state index is 0. The number of nitrogens with zero attached hydrogens (tertiary/aromatic N) is 6. The minimum Gasteiger partial charge on any atom is -0.573 e. The Bertz CT molecular complexity index is 1170. The number of hydrogen-bond acceptors (Lipinski definition) is 7. The van der Waals surface area contributed by atoms with Gasteiger partial charge in [-0.3, -0.25) is 9.97 Å². The predicted octanol–water partition coefficient (Wildman–Crippen LogP) is 4.12. The summed E-state index contributed by atoms with van der Waals surface area (Å²) in [6.07, 6.45) is 5.23. The summed E-state index contributed by atoms with van der Waals surface area (Å²) in [6, 6.07) is 23.7. The standard InChI is InChI=1S/C13H9N4.C12H11N2O2.Pt/c1-2-6-15-11(3-1)13-9-12(16-17-13)10-4-7-14-8-5-10;1-15-10-5-3-9(4-6-10)11-7-8-12(16-2)14-13-11;/h1-9H;3,5-8H,1-2H3;/q2*-1;+2. The van der Waals surface area contributed by atoms with Gasteiger partial charge in [0, 0.05) is 47.0 Å². The molecule has 0 atom stereocenters. The normalized spacial score (nSPS) is 9.82. The maximum absolute atomic E-state index is 5.05. The van der Waals surface area contributed by atoms with Crippen molar-refractivity contribution in [1.82, 2.24) is 30.4 Å². The van der Waals surface area contributed by atoms with Gasteiger partial charge in [0.05, 0.1) is 14.2 Å². The zero-order chi connectivity index (χ0) is 22.9. The molecule has 0 saturated carbocycles. The number of pyridine rings is 2. The summed E-state index contributed by atoms with van der Waals surface area (Å²) in [5, 5.41) is 16.2. The Labute approximate surface area is 211 Å². The molecule has 1 aromatic carbocycles. The van der Waals surface area contributed by atoms with Crippen LogP contribution in [0, 0.1) is 6.07 Å². The molecule has 9 heteroatoms. The van der Waals surface area contributed by atoms with Crippen LogP contribution in [0.2, 0.25) is 0 Å². The van der Waals surface area contributed by atoms with E-state index < -0.39 is 0 Å². The van der Waals surface area contributed by atoms with E-state index in [9.17, 15) is 0 Å². The van der Waals surface area contributed by atoms with Crippen molar-refractivity contribution in [3.63, 3.8) is 0 Å². The second-order valence-corrected chi connectivity index (χ2v) is 6.67. The van der Waals surface area contributed by atoms with Gasteiger partial charge in [-0.1, -0.05) is 17.8 Å². The third kappa shape index (κ3) is 6.33. The molecule has 0 N–H and O–H groups in total. The third-order valence-corrected chi connectivity index (χ3v) is 4.59. The van der Waals surface area contributed by atoms with E-state index in [4.69, 9.17) is 9.47 Å². The first kappa shape index (κ1) is 24.7. The van der Waals surface area contributed by atoms with Crippen molar-refractivity contribution in [3.05, 3.63) is 91.4 Å². The van der Waals surface area contributed by atoms with Crippen LogP contribution in [0.15, 0.2) is 85.3 Å². The monoisotopic (exact) mass is 631 g/mol. The SMILES string of the molecule is COc1c[c-]c(-c2ccc(OC)nn2)cc1.[Pt+2].c1ccc(-c2cc(-c3ccncc3)n[n-]2)nc1. The molecule has 0 spiro atoms. The number of benzene rings is 1. The van der Waals surface area contributed by atoms with E-state index in [1.54, 1.807) is 44.9 Å². The molecule has 0 aliphatic heterocycles. The van der Waals surface area contributed by atoms with Gasteiger partial charge in [0.2, 0.25) is 5.88 Å². The molecule has 0 saturated heterocycles. The topological polar surface area (TPSA) is 97.0 Å². The van der Waals surface area contributed by atoms with Gasteiger partial charge in [-0.2, -0.15) is 5.10 Å². The van der Waals surface area contributed by atoms with Crippen LogP contribution in [0.25, 0.3) is 33.9 Å². The second kappa shape index (κ2) is 12.4. The molecular formula is C25H20N6O2Pt. The first-order valence-electron chi connectivity index (χ1n) is 10.0. The van der Waals surface area contributed by atoms with E-state index in [1.165, 1.54) is 0 Å². The van der Waals surface area contributed by atoms with Crippen molar-refractivity contribution in [2.45, 2.75) is 0 Å². The molecule has 5 aromatic rings. The van der Waals surface area contributed by atoms with Crippen LogP contribution in [0.4, 0.5) is 0 Å². The fourth-order valence-corrected chi connectivity index (χ4v) is 2.87. The Hall–Kier alpha value is -3.90. The Morgan fingerprint density at radius 3 is 2.26 bits per heavy atom. The molecule has 172 valence electrons. The van der Waals surface area contributed by atoms with E-state index >= 15 is 0 Å². The van der Waals surface area contributed by atoms with Crippen LogP contribution in [-0.2, 0) is 21.1 Å². The fourth-order valence-electron chi connectivity index (χ4n) is 2.87. The van der Waals surface area contributed by atoms with Gasteiger partial charge in [0.15, 0.2) is 0 Å². The van der Waals surface area contributed by atoms with Crippen LogP contribution in [0.3, 0.4) is 0 Å². The minimum atomic E-state index is 0. The number of rotatable bonds is 5. The van der Waals surface area contributed by atoms with Crippen LogP contribution >= 0.6 is 0 Å². The first-order chi connectivity index (χ1) is 16.3. The van der Waals surface area contributed by atoms with Crippen molar-refractivity contribution in [2.24, 2.45) is 0 Å². The molecular weight excluding hydrogens is 611 g/mol. The quantitative estimate of drug-likeness (QED) is 0.268. The van der Waals surface area contributed by atoms with Gasteiger partial charge in [-0.15, -0.1) is 34.9 Å². The van der Waals surface area contributed by atoms with Crippen molar-refractivity contribution in [3.8, 4) is 45.5 Å². The van der Waals surface area contributed by atoms with Crippen LogP contribution < -0.4 is 14.6 Å². The Morgan fingerprint density at radius 2 is 1.65 bits per heavy atom. The van der Waals surface area contributed by atoms with E-state index in [1.807, 2.05) is 54.6 Å². The number of aromatic nitrogens is 6. The maximum atomic E-state index is 5.05. The molecule has 0 radical (unpaired) electrons. The van der Waals surface area contributed by atoms with Gasteiger partial charge in [-0.05, 0) is 36.4 Å². The maximum Gasteiger partial charge on any atom is 2.00 e. The summed E-state index contributed by atoms with van der Waals surface area (Å²) < 4.78 is 9.99. The van der Waals surface area contributed by atoms with Crippen molar-refractivity contribution in [1.29, 1.82) is 0 Å². The molecule has 4 heterocycles. The van der Waals surface area contributed by atoms with Crippen molar-refractivity contribution >= 4 is 0 Å². The fraction of sp³-hybridized carbons (Fsp3) is 0.0800. The molecule has 0 amide bonds. The molecule has 0 bridgehead atoms. The molecule has 8 nitrogen and oxygen atoms in total. The average Bonchev–Trinajstić information content (AvgIpc) is 3.41. The van der Waals surface area contributed by atoms with E-state index in [0.717, 1.165) is 39.7 Å². The number of methoxy groups -OCH3 is 2. The summed E-state index contributed by atoms with van der Waals surface area (Å²) in [5.41, 5.74) is 5.10. The zero-order valence-corrected chi connectivity index (χ0v) is 20.7. The molecule has 34 heavy (non-hydrogen) atoms. The first-order valence-corrected chi connectivity index (χ1v) is 10.0. The van der Waals surface area contributed by atoms with Gasteiger partial charge >= 0.3 is 21.1 Å². The molecule has 5 rings (SSSR count). The smallest absolute Gasteiger partial charge is 0.573 e. The molecule has 0 aliphatic rings. The molecule has 0 fully saturated rings. The summed E-state index contributed by atoms with van der Waals surface area (Å²) in [7, 11) is 3.18. The zero-order valence-electron chi connectivity index (χ0n) is 18.4. The van der Waals surface area contributed by atoms with Crippen LogP contribution in [0.1, 0.15) is 0 Å². The van der Waals surface area contributed by atoms with Crippen molar-refractivity contribution in [2.75, 3.05) is 14.2 Å². The van der Waals surface area contributed by atoms with Crippen LogP contribution in [0.5, 0.6) is 11.6 Å². The van der Waals surface area contributed by atoms with Gasteiger partial charge in [0.25, 0.3) is 0 Å². The molecule has 4 aromatic heterocycles.